The highest BCUT2D eigenvalue weighted by Gasteiger charge is 2.42. The van der Waals surface area contributed by atoms with Crippen molar-refractivity contribution < 1.29 is 18.4 Å². The van der Waals surface area contributed by atoms with Gasteiger partial charge in [-0.05, 0) is 71.4 Å². The van der Waals surface area contributed by atoms with Gasteiger partial charge in [-0.3, -0.25) is 0 Å². The van der Waals surface area contributed by atoms with E-state index >= 15 is 0 Å². The molecule has 2 aromatic rings. The Kier molecular flexibility index (Phi) is 17.4. The average Bonchev–Trinajstić information content (AvgIpc) is 3.39. The van der Waals surface area contributed by atoms with Crippen molar-refractivity contribution in [1.82, 2.24) is 5.32 Å². The van der Waals surface area contributed by atoms with E-state index in [0.717, 1.165) is 6.42 Å². The lowest BCUT2D eigenvalue weighted by molar-refractivity contribution is 0.104. The number of nitrogens with one attached hydrogen (secondary N) is 1. The maximum Gasteiger partial charge on any atom is 0.407 e. The molecule has 52 heavy (non-hydrogen) atoms. The fraction of sp³-hybridized carbons (Fsp3) is 0.667. The smallest absolute Gasteiger partial charge is 0.407 e. The SMILES string of the molecule is CCCCCCCCCCCCC/C=C/[C@@H](O[Si](C)(C)C(C)(C)C)[C@H](CO[Si](C)(C)C(C)(C)C)NC(=O)OCC1c2ccccc2-c2ccccc21. The number of ether oxygens (including phenoxy) is 1. The summed E-state index contributed by atoms with van der Waals surface area (Å²) in [6, 6.07) is 16.5. The minimum Gasteiger partial charge on any atom is -0.449 e. The summed E-state index contributed by atoms with van der Waals surface area (Å²) in [6.07, 6.45) is 19.5. The molecule has 0 aromatic heterocycles. The Morgan fingerprint density at radius 1 is 0.731 bits per heavy atom. The summed E-state index contributed by atoms with van der Waals surface area (Å²) in [5.74, 6) is 0.00468. The zero-order valence-corrected chi connectivity index (χ0v) is 37.0. The summed E-state index contributed by atoms with van der Waals surface area (Å²) in [7, 11) is -4.32. The second-order valence-electron chi connectivity index (χ2n) is 18.2. The minimum absolute atomic E-state index is 0.00468. The molecule has 0 radical (unpaired) electrons. The van der Waals surface area contributed by atoms with Crippen LogP contribution in [0.5, 0.6) is 0 Å². The van der Waals surface area contributed by atoms with Crippen molar-refractivity contribution >= 4 is 22.7 Å². The van der Waals surface area contributed by atoms with Gasteiger partial charge in [0, 0.05) is 5.92 Å². The number of hydrogen-bond acceptors (Lipinski definition) is 4. The molecule has 0 saturated carbocycles. The van der Waals surface area contributed by atoms with Gasteiger partial charge in [0.15, 0.2) is 16.6 Å². The fourth-order valence-corrected chi connectivity index (χ4v) is 8.76. The molecule has 0 heterocycles. The lowest BCUT2D eigenvalue weighted by atomic mass is 9.98. The van der Waals surface area contributed by atoms with Crippen LogP contribution in [0.4, 0.5) is 4.79 Å². The first-order valence-corrected chi connectivity index (χ1v) is 26.4. The zero-order valence-electron chi connectivity index (χ0n) is 35.0. The Bertz CT molecular complexity index is 1340. The van der Waals surface area contributed by atoms with E-state index in [1.54, 1.807) is 0 Å². The topological polar surface area (TPSA) is 56.8 Å². The van der Waals surface area contributed by atoms with Crippen LogP contribution in [-0.4, -0.2) is 48.1 Å². The monoisotopic (exact) mass is 750 g/mol. The van der Waals surface area contributed by atoms with Crippen molar-refractivity contribution in [3.05, 3.63) is 71.8 Å². The number of carbonyl (C=O) groups excluding carboxylic acids is 1. The van der Waals surface area contributed by atoms with E-state index in [1.807, 2.05) is 0 Å². The van der Waals surface area contributed by atoms with Gasteiger partial charge in [-0.15, -0.1) is 0 Å². The van der Waals surface area contributed by atoms with Crippen molar-refractivity contribution in [3.63, 3.8) is 0 Å². The number of alkyl carbamates (subject to hydrolysis) is 1. The number of carbonyl (C=O) groups is 1. The molecule has 1 aliphatic carbocycles. The second kappa shape index (κ2) is 20.5. The van der Waals surface area contributed by atoms with Crippen molar-refractivity contribution in [1.29, 1.82) is 0 Å². The van der Waals surface area contributed by atoms with E-state index in [0.29, 0.717) is 6.61 Å². The highest BCUT2D eigenvalue weighted by Crippen LogP contribution is 2.44. The molecule has 1 amide bonds. The number of unbranched alkanes of at least 4 members (excludes halogenated alkanes) is 11. The largest absolute Gasteiger partial charge is 0.449 e. The molecule has 0 saturated heterocycles. The molecule has 0 bridgehead atoms. The molecule has 1 aliphatic rings. The average molecular weight is 750 g/mol. The maximum atomic E-state index is 13.8. The summed E-state index contributed by atoms with van der Waals surface area (Å²) < 4.78 is 20.0. The predicted octanol–water partition coefficient (Wildman–Crippen LogP) is 13.6. The third kappa shape index (κ3) is 13.3. The molecule has 2 aromatic carbocycles. The second-order valence-corrected chi connectivity index (χ2v) is 27.8. The van der Waals surface area contributed by atoms with Crippen LogP contribution in [0.25, 0.3) is 11.1 Å². The van der Waals surface area contributed by atoms with E-state index in [1.165, 1.54) is 92.9 Å². The third-order valence-corrected chi connectivity index (χ3v) is 21.0. The highest BCUT2D eigenvalue weighted by atomic mass is 28.4. The molecule has 292 valence electrons. The van der Waals surface area contributed by atoms with Gasteiger partial charge in [0.25, 0.3) is 0 Å². The van der Waals surface area contributed by atoms with Gasteiger partial charge >= 0.3 is 6.09 Å². The molecule has 0 spiro atoms. The van der Waals surface area contributed by atoms with Crippen LogP contribution in [0.1, 0.15) is 143 Å². The van der Waals surface area contributed by atoms with Crippen molar-refractivity contribution in [3.8, 4) is 11.1 Å². The van der Waals surface area contributed by atoms with E-state index in [9.17, 15) is 4.79 Å². The normalized spacial score (nSPS) is 15.1. The molecule has 0 unspecified atom stereocenters. The van der Waals surface area contributed by atoms with Gasteiger partial charge in [0.05, 0.1) is 18.8 Å². The summed E-state index contributed by atoms with van der Waals surface area (Å²) in [5.41, 5.74) is 4.86. The quantitative estimate of drug-likeness (QED) is 0.0740. The van der Waals surface area contributed by atoms with Gasteiger partial charge < -0.3 is 18.9 Å². The lowest BCUT2D eigenvalue weighted by Gasteiger charge is -2.42. The number of fused-ring (bicyclic) bond motifs is 3. The van der Waals surface area contributed by atoms with Crippen molar-refractivity contribution in [2.75, 3.05) is 13.2 Å². The maximum absolute atomic E-state index is 13.8. The van der Waals surface area contributed by atoms with Gasteiger partial charge in [-0.25, -0.2) is 4.79 Å². The highest BCUT2D eigenvalue weighted by molar-refractivity contribution is 6.74. The van der Waals surface area contributed by atoms with Gasteiger partial charge in [0.2, 0.25) is 0 Å². The lowest BCUT2D eigenvalue weighted by Crippen LogP contribution is -2.54. The molecule has 0 aliphatic heterocycles. The molecule has 3 rings (SSSR count). The standard InChI is InChI=1S/C45H75NO4Si2/c1-12-13-14-15-16-17-18-19-20-21-22-23-24-33-42(50-52(10,11)45(5,6)7)41(35-49-51(8,9)44(2,3)4)46-43(47)48-34-40-38-31-27-25-29-36(38)37-30-26-28-32-39(37)40/h24-33,40-42H,12-23,34-35H2,1-11H3,(H,46,47)/b33-24+/t41-,42+/m0/s1. The Morgan fingerprint density at radius 2 is 1.21 bits per heavy atom. The van der Waals surface area contributed by atoms with E-state index in [2.05, 4.69) is 141 Å². The van der Waals surface area contributed by atoms with Crippen LogP contribution in [-0.2, 0) is 13.6 Å². The summed E-state index contributed by atoms with van der Waals surface area (Å²) >= 11 is 0. The zero-order chi connectivity index (χ0) is 38.4. The molecule has 2 atom stereocenters. The number of allylic oxidation sites excluding steroid dienone is 1. The van der Waals surface area contributed by atoms with Crippen molar-refractivity contribution in [2.45, 2.75) is 180 Å². The van der Waals surface area contributed by atoms with Gasteiger partial charge in [-0.2, -0.15) is 0 Å². The first-order chi connectivity index (χ1) is 24.5. The van der Waals surface area contributed by atoms with Gasteiger partial charge in [0.1, 0.15) is 6.61 Å². The Hall–Kier alpha value is -2.20. The minimum atomic E-state index is -2.21. The Balaban J connectivity index is 1.71. The number of hydrogen-bond donors (Lipinski definition) is 1. The van der Waals surface area contributed by atoms with E-state index in [4.69, 9.17) is 13.6 Å². The molecule has 0 fully saturated rings. The number of rotatable bonds is 22. The van der Waals surface area contributed by atoms with E-state index < -0.39 is 22.7 Å². The summed E-state index contributed by atoms with van der Waals surface area (Å²) in [4.78, 5) is 13.8. The Labute approximate surface area is 321 Å². The van der Waals surface area contributed by atoms with Crippen LogP contribution in [0.2, 0.25) is 36.3 Å². The molecule has 1 N–H and O–H groups in total. The van der Waals surface area contributed by atoms with Crippen LogP contribution in [0.15, 0.2) is 60.7 Å². The molecular weight excluding hydrogens is 675 g/mol. The summed E-state index contributed by atoms with van der Waals surface area (Å²) in [6.45, 7) is 25.6. The van der Waals surface area contributed by atoms with E-state index in [-0.39, 0.29) is 34.7 Å². The van der Waals surface area contributed by atoms with Gasteiger partial charge in [-0.1, -0.05) is 173 Å². The van der Waals surface area contributed by atoms with Crippen LogP contribution < -0.4 is 5.32 Å². The Morgan fingerprint density at radius 3 is 1.71 bits per heavy atom. The van der Waals surface area contributed by atoms with Crippen LogP contribution >= 0.6 is 0 Å². The first kappa shape index (κ1) is 44.2. The number of amides is 1. The number of benzene rings is 2. The molecular formula is C45H75NO4Si2. The third-order valence-electron chi connectivity index (χ3n) is 12.0. The van der Waals surface area contributed by atoms with Crippen LogP contribution in [0.3, 0.4) is 0 Å². The molecule has 7 heteroatoms. The predicted molar refractivity (Wildman–Crippen MR) is 227 cm³/mol. The van der Waals surface area contributed by atoms with Crippen LogP contribution in [0, 0.1) is 0 Å². The fourth-order valence-electron chi connectivity index (χ4n) is 6.45. The summed E-state index contributed by atoms with van der Waals surface area (Å²) in [5, 5.41) is 3.33. The molecule has 5 nitrogen and oxygen atoms in total. The first-order valence-electron chi connectivity index (χ1n) is 20.6. The van der Waals surface area contributed by atoms with Crippen molar-refractivity contribution in [2.24, 2.45) is 0 Å².